The maximum Gasteiger partial charge on any atom is 0.0717 e. The highest BCUT2D eigenvalue weighted by Gasteiger charge is 2.11. The zero-order valence-corrected chi connectivity index (χ0v) is 18.3. The summed E-state index contributed by atoms with van der Waals surface area (Å²) in [6, 6.07) is 29.1. The zero-order valence-electron chi connectivity index (χ0n) is 18.3. The van der Waals surface area contributed by atoms with Crippen LogP contribution in [-0.4, -0.2) is 19.9 Å². The molecule has 34 heavy (non-hydrogen) atoms. The molecular formula is C30H20N4. The van der Waals surface area contributed by atoms with Crippen molar-refractivity contribution in [2.24, 2.45) is 0 Å². The van der Waals surface area contributed by atoms with Gasteiger partial charge in [0.15, 0.2) is 0 Å². The predicted molar refractivity (Wildman–Crippen MR) is 137 cm³/mol. The molecule has 4 aromatic heterocycles. The van der Waals surface area contributed by atoms with Gasteiger partial charge in [0.05, 0.1) is 11.4 Å². The third-order valence-electron chi connectivity index (χ3n) is 5.99. The van der Waals surface area contributed by atoms with Crippen LogP contribution in [0.4, 0.5) is 0 Å². The van der Waals surface area contributed by atoms with Gasteiger partial charge in [0, 0.05) is 59.4 Å². The molecule has 0 aliphatic heterocycles. The molecule has 6 aromatic rings. The van der Waals surface area contributed by atoms with Crippen LogP contribution in [0.5, 0.6) is 0 Å². The van der Waals surface area contributed by atoms with Crippen LogP contribution >= 0.6 is 0 Å². The third kappa shape index (κ3) is 3.71. The summed E-state index contributed by atoms with van der Waals surface area (Å²) in [7, 11) is 0. The molecule has 0 atom stereocenters. The van der Waals surface area contributed by atoms with Crippen LogP contribution in [-0.2, 0) is 0 Å². The van der Waals surface area contributed by atoms with Crippen molar-refractivity contribution in [2.75, 3.05) is 0 Å². The van der Waals surface area contributed by atoms with Crippen molar-refractivity contribution in [3.05, 3.63) is 122 Å². The summed E-state index contributed by atoms with van der Waals surface area (Å²) in [4.78, 5) is 17.8. The van der Waals surface area contributed by atoms with E-state index in [4.69, 9.17) is 9.97 Å². The monoisotopic (exact) mass is 436 g/mol. The largest absolute Gasteiger partial charge is 0.264 e. The fourth-order valence-corrected chi connectivity index (χ4v) is 4.28. The van der Waals surface area contributed by atoms with E-state index in [9.17, 15) is 0 Å². The lowest BCUT2D eigenvalue weighted by Crippen LogP contribution is -1.90. The number of benzene rings is 2. The van der Waals surface area contributed by atoms with Crippen LogP contribution in [0.1, 0.15) is 0 Å². The van der Waals surface area contributed by atoms with E-state index in [1.54, 1.807) is 12.4 Å². The summed E-state index contributed by atoms with van der Waals surface area (Å²) in [5.74, 6) is 0. The first-order valence-corrected chi connectivity index (χ1v) is 11.1. The number of pyridine rings is 4. The zero-order chi connectivity index (χ0) is 22.7. The van der Waals surface area contributed by atoms with Crippen molar-refractivity contribution in [1.29, 1.82) is 0 Å². The van der Waals surface area contributed by atoms with Crippen LogP contribution in [0.15, 0.2) is 122 Å². The van der Waals surface area contributed by atoms with Crippen LogP contribution in [0, 0.1) is 0 Å². The van der Waals surface area contributed by atoms with Crippen molar-refractivity contribution >= 4 is 10.8 Å². The highest BCUT2D eigenvalue weighted by atomic mass is 14.7. The van der Waals surface area contributed by atoms with Gasteiger partial charge in [-0.25, -0.2) is 0 Å². The first-order valence-electron chi connectivity index (χ1n) is 11.1. The van der Waals surface area contributed by atoms with Crippen molar-refractivity contribution in [3.63, 3.8) is 0 Å². The molecule has 4 heteroatoms. The van der Waals surface area contributed by atoms with Gasteiger partial charge in [-0.15, -0.1) is 0 Å². The minimum atomic E-state index is 0.914. The fraction of sp³-hybridized carbons (Fsp3) is 0. The smallest absolute Gasteiger partial charge is 0.0717 e. The SMILES string of the molecule is c1cncc(-c2ccc(-c3ccc(-c4ccc(-c5cccnc5)nc4)c4ccccc34)cn2)c1. The van der Waals surface area contributed by atoms with Gasteiger partial charge in [0.1, 0.15) is 0 Å². The molecule has 0 amide bonds. The van der Waals surface area contributed by atoms with Crippen molar-refractivity contribution in [3.8, 4) is 44.8 Å². The van der Waals surface area contributed by atoms with Crippen LogP contribution in [0.3, 0.4) is 0 Å². The van der Waals surface area contributed by atoms with E-state index in [0.717, 1.165) is 44.8 Å². The Balaban J connectivity index is 1.39. The molecule has 0 spiro atoms. The molecule has 160 valence electrons. The van der Waals surface area contributed by atoms with E-state index >= 15 is 0 Å². The molecule has 0 N–H and O–H groups in total. The van der Waals surface area contributed by atoms with Crippen LogP contribution in [0.25, 0.3) is 55.5 Å². The number of hydrogen-bond donors (Lipinski definition) is 0. The van der Waals surface area contributed by atoms with Crippen molar-refractivity contribution < 1.29 is 0 Å². The first kappa shape index (κ1) is 19.9. The Morgan fingerprint density at radius 2 is 0.882 bits per heavy atom. The Morgan fingerprint density at radius 1 is 0.382 bits per heavy atom. The van der Waals surface area contributed by atoms with Gasteiger partial charge in [-0.2, -0.15) is 0 Å². The quantitative estimate of drug-likeness (QED) is 0.296. The Bertz CT molecular complexity index is 1440. The first-order chi connectivity index (χ1) is 16.9. The topological polar surface area (TPSA) is 51.6 Å². The van der Waals surface area contributed by atoms with Crippen LogP contribution in [0.2, 0.25) is 0 Å². The molecular weight excluding hydrogens is 416 g/mol. The van der Waals surface area contributed by atoms with E-state index in [2.05, 4.69) is 70.6 Å². The maximum atomic E-state index is 4.70. The molecule has 6 rings (SSSR count). The van der Waals surface area contributed by atoms with E-state index in [0.29, 0.717) is 0 Å². The average Bonchev–Trinajstić information content (AvgIpc) is 2.94. The average molecular weight is 437 g/mol. The Hall–Kier alpha value is -4.70. The normalized spacial score (nSPS) is 10.9. The van der Waals surface area contributed by atoms with E-state index in [-0.39, 0.29) is 0 Å². The molecule has 0 radical (unpaired) electrons. The standard InChI is InChI=1S/C30H20N4/c1-2-8-28-26(22-10-14-30(34-20-22)24-6-4-16-32-18-24)12-11-25(27(28)7-1)21-9-13-29(33-19-21)23-5-3-15-31-17-23/h1-20H. The summed E-state index contributed by atoms with van der Waals surface area (Å²) >= 11 is 0. The summed E-state index contributed by atoms with van der Waals surface area (Å²) < 4.78 is 0. The fourth-order valence-electron chi connectivity index (χ4n) is 4.28. The second-order valence-corrected chi connectivity index (χ2v) is 8.05. The Morgan fingerprint density at radius 3 is 1.26 bits per heavy atom. The third-order valence-corrected chi connectivity index (χ3v) is 5.99. The number of rotatable bonds is 4. The molecule has 0 saturated heterocycles. The lowest BCUT2D eigenvalue weighted by atomic mass is 9.93. The number of fused-ring (bicyclic) bond motifs is 1. The number of aromatic nitrogens is 4. The highest BCUT2D eigenvalue weighted by Crippen LogP contribution is 2.36. The predicted octanol–water partition coefficient (Wildman–Crippen LogP) is 7.09. The highest BCUT2D eigenvalue weighted by molar-refractivity contribution is 6.04. The Labute approximate surface area is 197 Å². The second-order valence-electron chi connectivity index (χ2n) is 8.05. The van der Waals surface area contributed by atoms with E-state index < -0.39 is 0 Å². The van der Waals surface area contributed by atoms with Crippen molar-refractivity contribution in [2.45, 2.75) is 0 Å². The lowest BCUT2D eigenvalue weighted by Gasteiger charge is -2.12. The van der Waals surface area contributed by atoms with Gasteiger partial charge in [-0.1, -0.05) is 48.5 Å². The van der Waals surface area contributed by atoms with Gasteiger partial charge in [-0.05, 0) is 58.3 Å². The Kier molecular flexibility index (Phi) is 5.09. The minimum Gasteiger partial charge on any atom is -0.264 e. The second kappa shape index (κ2) is 8.68. The molecule has 4 heterocycles. The molecule has 0 unspecified atom stereocenters. The van der Waals surface area contributed by atoms with Crippen LogP contribution < -0.4 is 0 Å². The lowest BCUT2D eigenvalue weighted by molar-refractivity contribution is 1.28. The van der Waals surface area contributed by atoms with Gasteiger partial charge in [0.2, 0.25) is 0 Å². The molecule has 4 nitrogen and oxygen atoms in total. The molecule has 0 aliphatic rings. The van der Waals surface area contributed by atoms with Gasteiger partial charge in [0.25, 0.3) is 0 Å². The van der Waals surface area contributed by atoms with Gasteiger partial charge < -0.3 is 0 Å². The maximum absolute atomic E-state index is 4.70. The van der Waals surface area contributed by atoms with Crippen molar-refractivity contribution in [1.82, 2.24) is 19.9 Å². The molecule has 0 bridgehead atoms. The summed E-state index contributed by atoms with van der Waals surface area (Å²) in [6.07, 6.45) is 11.1. The summed E-state index contributed by atoms with van der Waals surface area (Å²) in [6.45, 7) is 0. The number of hydrogen-bond acceptors (Lipinski definition) is 4. The molecule has 0 saturated carbocycles. The summed E-state index contributed by atoms with van der Waals surface area (Å²) in [5.41, 5.74) is 8.33. The van der Waals surface area contributed by atoms with E-state index in [1.165, 1.54) is 10.8 Å². The molecule has 0 fully saturated rings. The molecule has 2 aromatic carbocycles. The van der Waals surface area contributed by atoms with Gasteiger partial charge >= 0.3 is 0 Å². The molecule has 0 aliphatic carbocycles. The van der Waals surface area contributed by atoms with E-state index in [1.807, 2.05) is 49.1 Å². The van der Waals surface area contributed by atoms with Gasteiger partial charge in [-0.3, -0.25) is 19.9 Å². The summed E-state index contributed by atoms with van der Waals surface area (Å²) in [5, 5.41) is 2.37. The minimum absolute atomic E-state index is 0.914. The number of nitrogens with zero attached hydrogens (tertiary/aromatic N) is 4.